The van der Waals surface area contributed by atoms with Crippen molar-refractivity contribution in [3.05, 3.63) is 45.8 Å². The predicted octanol–water partition coefficient (Wildman–Crippen LogP) is 3.47. The molecule has 0 spiro atoms. The fraction of sp³-hybridized carbons (Fsp3) is 0.182. The number of aryl methyl sites for hydroxylation is 1. The smallest absolute Gasteiger partial charge is 0.280 e. The Morgan fingerprint density at radius 3 is 2.47 bits per heavy atom. The van der Waals surface area contributed by atoms with Gasteiger partial charge in [0.25, 0.3) is 9.05 Å². The molecule has 1 aromatic carbocycles. The third-order valence-electron chi connectivity index (χ3n) is 2.54. The zero-order valence-electron chi connectivity index (χ0n) is 9.77. The second-order valence-electron chi connectivity index (χ2n) is 3.94. The van der Waals surface area contributed by atoms with Crippen molar-refractivity contribution < 1.29 is 8.42 Å². The van der Waals surface area contributed by atoms with Gasteiger partial charge in [0.15, 0.2) is 5.03 Å². The summed E-state index contributed by atoms with van der Waals surface area (Å²) < 4.78 is 24.1. The lowest BCUT2D eigenvalue weighted by Gasteiger charge is -2.06. The van der Waals surface area contributed by atoms with Gasteiger partial charge in [0.2, 0.25) is 0 Å². The van der Waals surface area contributed by atoms with Crippen LogP contribution in [-0.2, 0) is 15.6 Å². The minimum atomic E-state index is -3.82. The van der Waals surface area contributed by atoms with E-state index in [0.29, 0.717) is 22.4 Å². The van der Waals surface area contributed by atoms with Crippen LogP contribution < -0.4 is 0 Å². The quantitative estimate of drug-likeness (QED) is 0.805. The number of hydrogen-bond acceptors (Lipinski definition) is 3. The summed E-state index contributed by atoms with van der Waals surface area (Å²) in [7, 11) is 1.43. The molecule has 8 heteroatoms. The highest BCUT2D eigenvalue weighted by Crippen LogP contribution is 2.23. The average molecular weight is 340 g/mol. The van der Waals surface area contributed by atoms with Crippen molar-refractivity contribution in [2.75, 3.05) is 0 Å². The molecule has 0 amide bonds. The first-order valence-corrected chi connectivity index (χ1v) is 8.26. The Kier molecular flexibility index (Phi) is 4.11. The number of rotatable bonds is 3. The largest absolute Gasteiger partial charge is 0.329 e. The van der Waals surface area contributed by atoms with Crippen LogP contribution in [0.3, 0.4) is 0 Å². The van der Waals surface area contributed by atoms with Gasteiger partial charge in [-0.3, -0.25) is 0 Å². The number of nitrogens with zero attached hydrogens (tertiary/aromatic N) is 2. The fourth-order valence-corrected chi connectivity index (χ4v) is 2.63. The van der Waals surface area contributed by atoms with Crippen molar-refractivity contribution in [1.82, 2.24) is 9.55 Å². The van der Waals surface area contributed by atoms with Crippen LogP contribution in [0.2, 0.25) is 10.0 Å². The van der Waals surface area contributed by atoms with E-state index in [9.17, 15) is 8.42 Å². The van der Waals surface area contributed by atoms with Crippen LogP contribution in [0.4, 0.5) is 0 Å². The molecule has 0 N–H and O–H groups in total. The molecule has 2 aromatic rings. The first-order chi connectivity index (χ1) is 8.77. The minimum absolute atomic E-state index is 0.160. The highest BCUT2D eigenvalue weighted by atomic mass is 35.7. The molecule has 0 aliphatic heterocycles. The summed E-state index contributed by atoms with van der Waals surface area (Å²) in [6.07, 6.45) is 1.39. The van der Waals surface area contributed by atoms with Crippen LogP contribution in [0, 0.1) is 6.92 Å². The van der Waals surface area contributed by atoms with Crippen molar-refractivity contribution in [1.29, 1.82) is 0 Å². The lowest BCUT2D eigenvalue weighted by Crippen LogP contribution is -2.00. The van der Waals surface area contributed by atoms with Gasteiger partial charge in [0, 0.05) is 23.4 Å². The van der Waals surface area contributed by atoms with E-state index in [4.69, 9.17) is 33.9 Å². The van der Waals surface area contributed by atoms with Gasteiger partial charge in [-0.15, -0.1) is 0 Å². The van der Waals surface area contributed by atoms with Gasteiger partial charge in [0.05, 0.1) is 10.0 Å². The SMILES string of the molecule is Cc1nc(S(=O)(=O)Cl)cn1Cc1ccc(Cl)c(Cl)c1. The number of aromatic nitrogens is 2. The lowest BCUT2D eigenvalue weighted by atomic mass is 10.2. The Balaban J connectivity index is 2.33. The molecule has 0 saturated heterocycles. The van der Waals surface area contributed by atoms with Crippen LogP contribution in [0.5, 0.6) is 0 Å². The minimum Gasteiger partial charge on any atom is -0.329 e. The molecule has 1 heterocycles. The highest BCUT2D eigenvalue weighted by Gasteiger charge is 2.16. The molecule has 0 aliphatic rings. The average Bonchev–Trinajstić information content (AvgIpc) is 2.65. The highest BCUT2D eigenvalue weighted by molar-refractivity contribution is 8.13. The van der Waals surface area contributed by atoms with Crippen LogP contribution in [-0.4, -0.2) is 18.0 Å². The summed E-state index contributed by atoms with van der Waals surface area (Å²) in [4.78, 5) is 3.90. The lowest BCUT2D eigenvalue weighted by molar-refractivity contribution is 0.606. The van der Waals surface area contributed by atoms with Crippen LogP contribution >= 0.6 is 33.9 Å². The Morgan fingerprint density at radius 1 is 1.26 bits per heavy atom. The van der Waals surface area contributed by atoms with Crippen molar-refractivity contribution >= 4 is 42.9 Å². The maximum absolute atomic E-state index is 11.2. The molecule has 0 atom stereocenters. The fourth-order valence-electron chi connectivity index (χ4n) is 1.59. The van der Waals surface area contributed by atoms with E-state index in [1.165, 1.54) is 6.20 Å². The zero-order valence-corrected chi connectivity index (χ0v) is 12.9. The number of hydrogen-bond donors (Lipinski definition) is 0. The van der Waals surface area contributed by atoms with E-state index < -0.39 is 9.05 Å². The van der Waals surface area contributed by atoms with Crippen LogP contribution in [0.15, 0.2) is 29.4 Å². The molecular formula is C11H9Cl3N2O2S. The van der Waals surface area contributed by atoms with Crippen molar-refractivity contribution in [3.63, 3.8) is 0 Å². The summed E-state index contributed by atoms with van der Waals surface area (Å²) in [5.74, 6) is 0.547. The zero-order chi connectivity index (χ0) is 14.2. The summed E-state index contributed by atoms with van der Waals surface area (Å²) in [6.45, 7) is 2.13. The second kappa shape index (κ2) is 5.32. The molecule has 19 heavy (non-hydrogen) atoms. The van der Waals surface area contributed by atoms with Gasteiger partial charge in [-0.1, -0.05) is 29.3 Å². The summed E-state index contributed by atoms with van der Waals surface area (Å²) in [5.41, 5.74) is 0.883. The molecule has 0 fully saturated rings. The summed E-state index contributed by atoms with van der Waals surface area (Å²) in [5, 5.41) is 0.755. The molecule has 0 unspecified atom stereocenters. The van der Waals surface area contributed by atoms with Gasteiger partial charge in [-0.2, -0.15) is 0 Å². The van der Waals surface area contributed by atoms with Gasteiger partial charge in [-0.05, 0) is 24.6 Å². The first kappa shape index (κ1) is 14.7. The topological polar surface area (TPSA) is 52.0 Å². The van der Waals surface area contributed by atoms with E-state index in [0.717, 1.165) is 5.56 Å². The van der Waals surface area contributed by atoms with E-state index in [1.54, 1.807) is 23.6 Å². The molecule has 0 radical (unpaired) electrons. The van der Waals surface area contributed by atoms with Crippen molar-refractivity contribution in [2.45, 2.75) is 18.5 Å². The number of halogens is 3. The van der Waals surface area contributed by atoms with E-state index in [1.807, 2.05) is 6.07 Å². The van der Waals surface area contributed by atoms with Crippen LogP contribution in [0.25, 0.3) is 0 Å². The van der Waals surface area contributed by atoms with Gasteiger partial charge in [0.1, 0.15) is 5.82 Å². The van der Waals surface area contributed by atoms with E-state index in [-0.39, 0.29) is 5.03 Å². The maximum Gasteiger partial charge on any atom is 0.280 e. The Hall–Kier alpha value is -0.750. The number of benzene rings is 1. The van der Waals surface area contributed by atoms with Gasteiger partial charge < -0.3 is 4.57 Å². The summed E-state index contributed by atoms with van der Waals surface area (Å²) in [6, 6.07) is 5.21. The molecule has 0 aliphatic carbocycles. The van der Waals surface area contributed by atoms with E-state index in [2.05, 4.69) is 4.98 Å². The molecule has 0 saturated carbocycles. The van der Waals surface area contributed by atoms with Crippen molar-refractivity contribution in [3.8, 4) is 0 Å². The Bertz CT molecular complexity index is 726. The molecule has 0 bridgehead atoms. The third-order valence-corrected chi connectivity index (χ3v) is 4.45. The summed E-state index contributed by atoms with van der Waals surface area (Å²) >= 11 is 11.8. The van der Waals surface area contributed by atoms with Crippen molar-refractivity contribution in [2.24, 2.45) is 0 Å². The third kappa shape index (κ3) is 3.42. The molecule has 2 rings (SSSR count). The monoisotopic (exact) mass is 338 g/mol. The Morgan fingerprint density at radius 2 is 1.95 bits per heavy atom. The van der Waals surface area contributed by atoms with Gasteiger partial charge >= 0.3 is 0 Å². The molecule has 4 nitrogen and oxygen atoms in total. The van der Waals surface area contributed by atoms with E-state index >= 15 is 0 Å². The van der Waals surface area contributed by atoms with Gasteiger partial charge in [-0.25, -0.2) is 13.4 Å². The van der Waals surface area contributed by atoms with Crippen LogP contribution in [0.1, 0.15) is 11.4 Å². The maximum atomic E-state index is 11.2. The second-order valence-corrected chi connectivity index (χ2v) is 7.27. The standard InChI is InChI=1S/C11H9Cl3N2O2S/c1-7-15-11(19(14,17)18)6-16(7)5-8-2-3-9(12)10(13)4-8/h2-4,6H,5H2,1H3. The number of imidazole rings is 1. The molecular weight excluding hydrogens is 331 g/mol. The first-order valence-electron chi connectivity index (χ1n) is 5.20. The molecule has 102 valence electrons. The normalized spacial score (nSPS) is 11.8. The predicted molar refractivity (Wildman–Crippen MR) is 75.6 cm³/mol. The molecule has 1 aromatic heterocycles. The Labute approximate surface area is 125 Å².